The Bertz CT molecular complexity index is 1020. The van der Waals surface area contributed by atoms with Gasteiger partial charge in [0.25, 0.3) is 0 Å². The zero-order valence-corrected chi connectivity index (χ0v) is 17.6. The van der Waals surface area contributed by atoms with Crippen LogP contribution in [0.3, 0.4) is 0 Å². The molecule has 0 saturated carbocycles. The highest BCUT2D eigenvalue weighted by Gasteiger charge is 2.11. The van der Waals surface area contributed by atoms with Gasteiger partial charge in [-0.25, -0.2) is 4.98 Å². The molecule has 0 unspecified atom stereocenters. The Kier molecular flexibility index (Phi) is 6.91. The minimum absolute atomic E-state index is 0.0445. The highest BCUT2D eigenvalue weighted by molar-refractivity contribution is 8.00. The summed E-state index contributed by atoms with van der Waals surface area (Å²) in [6.07, 6.45) is 1.49. The summed E-state index contributed by atoms with van der Waals surface area (Å²) in [5.41, 5.74) is 1.17. The molecule has 28 heavy (non-hydrogen) atoms. The molecule has 0 bridgehead atoms. The highest BCUT2D eigenvalue weighted by Crippen LogP contribution is 2.34. The van der Waals surface area contributed by atoms with Gasteiger partial charge >= 0.3 is 0 Å². The zero-order chi connectivity index (χ0) is 20.1. The summed E-state index contributed by atoms with van der Waals surface area (Å²) < 4.78 is 14.0. The lowest BCUT2D eigenvalue weighted by atomic mass is 10.2. The molecule has 2 N–H and O–H groups in total. The van der Waals surface area contributed by atoms with E-state index in [1.54, 1.807) is 42.5 Å². The number of pyridine rings is 1. The van der Waals surface area contributed by atoms with E-state index in [2.05, 4.69) is 9.71 Å². The van der Waals surface area contributed by atoms with Gasteiger partial charge in [-0.3, -0.25) is 5.41 Å². The first-order valence-electron chi connectivity index (χ1n) is 7.90. The monoisotopic (exact) mass is 453 g/mol. The van der Waals surface area contributed by atoms with Crippen LogP contribution in [0.1, 0.15) is 5.56 Å². The van der Waals surface area contributed by atoms with Gasteiger partial charge in [-0.05, 0) is 54.4 Å². The van der Waals surface area contributed by atoms with Crippen LogP contribution in [0.2, 0.25) is 15.1 Å². The van der Waals surface area contributed by atoms with E-state index in [0.29, 0.717) is 37.9 Å². The van der Waals surface area contributed by atoms with E-state index in [-0.39, 0.29) is 5.90 Å². The molecule has 5 nitrogen and oxygen atoms in total. The lowest BCUT2D eigenvalue weighted by Crippen LogP contribution is -2.01. The average Bonchev–Trinajstić information content (AvgIpc) is 2.70. The van der Waals surface area contributed by atoms with Crippen molar-refractivity contribution in [3.05, 3.63) is 75.4 Å². The molecule has 0 fully saturated rings. The standard InChI is InChI=1S/C19H14Cl3N3O2S/c1-26-18(23)11-3-2-4-13(7-11)27-19-17(8-12(20)10-24-19)25-28-14-5-6-15(21)16(22)9-14/h2-10,23,25H,1H3. The van der Waals surface area contributed by atoms with Crippen LogP contribution in [0.15, 0.2) is 59.6 Å². The van der Waals surface area contributed by atoms with E-state index >= 15 is 0 Å². The molecule has 2 aromatic carbocycles. The number of methoxy groups -OCH3 is 1. The third-order valence-electron chi connectivity index (χ3n) is 3.50. The highest BCUT2D eigenvalue weighted by atomic mass is 35.5. The molecular formula is C19H14Cl3N3O2S. The topological polar surface area (TPSA) is 67.2 Å². The largest absolute Gasteiger partial charge is 0.481 e. The third kappa shape index (κ3) is 5.23. The predicted octanol–water partition coefficient (Wildman–Crippen LogP) is 6.93. The van der Waals surface area contributed by atoms with Crippen LogP contribution in [0.25, 0.3) is 0 Å². The Morgan fingerprint density at radius 1 is 1.07 bits per heavy atom. The van der Waals surface area contributed by atoms with Gasteiger partial charge in [0.05, 0.1) is 22.2 Å². The summed E-state index contributed by atoms with van der Waals surface area (Å²) in [6.45, 7) is 0. The molecule has 0 saturated heterocycles. The van der Waals surface area contributed by atoms with Crippen LogP contribution in [-0.4, -0.2) is 18.0 Å². The number of nitrogens with zero attached hydrogens (tertiary/aromatic N) is 1. The molecule has 0 radical (unpaired) electrons. The maximum atomic E-state index is 7.77. The molecule has 1 heterocycles. The number of hydrogen-bond donors (Lipinski definition) is 2. The molecule has 0 aliphatic carbocycles. The van der Waals surface area contributed by atoms with Crippen molar-refractivity contribution in [2.45, 2.75) is 4.90 Å². The van der Waals surface area contributed by atoms with Gasteiger partial charge in [-0.1, -0.05) is 40.9 Å². The fraction of sp³-hybridized carbons (Fsp3) is 0.0526. The van der Waals surface area contributed by atoms with Crippen molar-refractivity contribution in [2.24, 2.45) is 0 Å². The lowest BCUT2D eigenvalue weighted by Gasteiger charge is -2.13. The van der Waals surface area contributed by atoms with Crippen LogP contribution in [0.5, 0.6) is 11.6 Å². The number of rotatable bonds is 6. The number of nitrogens with one attached hydrogen (secondary N) is 2. The molecule has 3 aromatic rings. The summed E-state index contributed by atoms with van der Waals surface area (Å²) in [4.78, 5) is 5.11. The Morgan fingerprint density at radius 3 is 2.64 bits per heavy atom. The van der Waals surface area contributed by atoms with Crippen molar-refractivity contribution < 1.29 is 9.47 Å². The predicted molar refractivity (Wildman–Crippen MR) is 116 cm³/mol. The second-order valence-electron chi connectivity index (χ2n) is 5.45. The Hall–Kier alpha value is -2.12. The first kappa shape index (κ1) is 20.6. The van der Waals surface area contributed by atoms with E-state index < -0.39 is 0 Å². The number of hydrogen-bond acceptors (Lipinski definition) is 6. The number of anilines is 1. The van der Waals surface area contributed by atoms with E-state index in [4.69, 9.17) is 49.7 Å². The maximum absolute atomic E-state index is 7.77. The van der Waals surface area contributed by atoms with Crippen molar-refractivity contribution in [2.75, 3.05) is 11.8 Å². The van der Waals surface area contributed by atoms with Crippen LogP contribution in [0, 0.1) is 5.41 Å². The zero-order valence-electron chi connectivity index (χ0n) is 14.5. The Labute approximate surface area is 181 Å². The average molecular weight is 455 g/mol. The van der Waals surface area contributed by atoms with Gasteiger partial charge in [0.1, 0.15) is 11.4 Å². The summed E-state index contributed by atoms with van der Waals surface area (Å²) in [7, 11) is 1.44. The van der Waals surface area contributed by atoms with Gasteiger partial charge < -0.3 is 14.2 Å². The molecule has 0 aliphatic rings. The minimum atomic E-state index is 0.0445. The Morgan fingerprint density at radius 2 is 1.89 bits per heavy atom. The summed E-state index contributed by atoms with van der Waals surface area (Å²) >= 11 is 19.4. The third-order valence-corrected chi connectivity index (χ3v) is 5.26. The second-order valence-corrected chi connectivity index (χ2v) is 7.58. The van der Waals surface area contributed by atoms with Gasteiger partial charge in [-0.2, -0.15) is 0 Å². The summed E-state index contributed by atoms with van der Waals surface area (Å²) in [5.74, 6) is 0.887. The number of aromatic nitrogens is 1. The second kappa shape index (κ2) is 9.39. The molecule has 0 spiro atoms. The van der Waals surface area contributed by atoms with Crippen molar-refractivity contribution in [1.82, 2.24) is 4.98 Å². The fourth-order valence-electron chi connectivity index (χ4n) is 2.17. The number of halogens is 3. The summed E-state index contributed by atoms with van der Waals surface area (Å²) in [6, 6.07) is 14.0. The van der Waals surface area contributed by atoms with Crippen molar-refractivity contribution in [3.63, 3.8) is 0 Å². The van der Waals surface area contributed by atoms with E-state index in [9.17, 15) is 0 Å². The van der Waals surface area contributed by atoms with Crippen molar-refractivity contribution >= 4 is 58.3 Å². The normalized spacial score (nSPS) is 10.4. The molecule has 0 atom stereocenters. The smallest absolute Gasteiger partial charge is 0.243 e. The van der Waals surface area contributed by atoms with Crippen LogP contribution in [0.4, 0.5) is 5.69 Å². The summed E-state index contributed by atoms with van der Waals surface area (Å²) in [5, 5.41) is 9.18. The fourth-order valence-corrected chi connectivity index (χ4v) is 3.37. The molecule has 0 amide bonds. The lowest BCUT2D eigenvalue weighted by molar-refractivity contribution is 0.400. The van der Waals surface area contributed by atoms with Gasteiger partial charge in [0, 0.05) is 16.7 Å². The van der Waals surface area contributed by atoms with Crippen LogP contribution >= 0.6 is 46.8 Å². The van der Waals surface area contributed by atoms with Crippen molar-refractivity contribution in [3.8, 4) is 11.6 Å². The Balaban J connectivity index is 1.80. The van der Waals surface area contributed by atoms with E-state index in [1.807, 2.05) is 6.07 Å². The van der Waals surface area contributed by atoms with Gasteiger partial charge in [0.15, 0.2) is 0 Å². The molecule has 9 heteroatoms. The maximum Gasteiger partial charge on any atom is 0.243 e. The minimum Gasteiger partial charge on any atom is -0.481 e. The van der Waals surface area contributed by atoms with E-state index in [1.165, 1.54) is 25.3 Å². The number of ether oxygens (including phenoxy) is 2. The van der Waals surface area contributed by atoms with Crippen LogP contribution < -0.4 is 9.46 Å². The quantitative estimate of drug-likeness (QED) is 0.240. The SMILES string of the molecule is COC(=N)c1cccc(Oc2ncc(Cl)cc2NSc2ccc(Cl)c(Cl)c2)c1. The number of benzene rings is 2. The van der Waals surface area contributed by atoms with Crippen molar-refractivity contribution in [1.29, 1.82) is 5.41 Å². The first-order valence-corrected chi connectivity index (χ1v) is 9.85. The van der Waals surface area contributed by atoms with Crippen LogP contribution in [-0.2, 0) is 4.74 Å². The molecule has 144 valence electrons. The van der Waals surface area contributed by atoms with E-state index in [0.717, 1.165) is 4.90 Å². The van der Waals surface area contributed by atoms with Gasteiger partial charge in [-0.15, -0.1) is 0 Å². The molecule has 3 rings (SSSR count). The molecule has 0 aliphatic heterocycles. The van der Waals surface area contributed by atoms with Gasteiger partial charge in [0.2, 0.25) is 11.8 Å². The molecular weight excluding hydrogens is 441 g/mol. The first-order chi connectivity index (χ1) is 13.5. The molecule has 1 aromatic heterocycles.